The lowest BCUT2D eigenvalue weighted by Crippen LogP contribution is -2.31. The molecule has 4 rings (SSSR count). The second-order valence-electron chi connectivity index (χ2n) is 6.66. The van der Waals surface area contributed by atoms with Gasteiger partial charge in [-0.1, -0.05) is 0 Å². The second-order valence-corrected chi connectivity index (χ2v) is 6.66. The van der Waals surface area contributed by atoms with Gasteiger partial charge in [-0.25, -0.2) is 9.98 Å². The summed E-state index contributed by atoms with van der Waals surface area (Å²) >= 11 is 0. The summed E-state index contributed by atoms with van der Waals surface area (Å²) in [5, 5.41) is 7.79. The van der Waals surface area contributed by atoms with Crippen LogP contribution in [-0.4, -0.2) is 58.1 Å². The van der Waals surface area contributed by atoms with Gasteiger partial charge in [0.15, 0.2) is 5.69 Å². The average Bonchev–Trinajstić information content (AvgIpc) is 3.30. The third-order valence-corrected chi connectivity index (χ3v) is 4.99. The number of nitrogens with zero attached hydrogens (tertiary/aromatic N) is 6. The van der Waals surface area contributed by atoms with Crippen LogP contribution in [-0.2, 0) is 18.3 Å². The predicted molar refractivity (Wildman–Crippen MR) is 97.0 cm³/mol. The number of hydrogen-bond acceptors (Lipinski definition) is 6. The van der Waals surface area contributed by atoms with Crippen molar-refractivity contribution < 1.29 is 4.74 Å². The summed E-state index contributed by atoms with van der Waals surface area (Å²) in [6.45, 7) is 7.46. The van der Waals surface area contributed by atoms with Gasteiger partial charge in [-0.3, -0.25) is 4.68 Å². The van der Waals surface area contributed by atoms with Crippen LogP contribution < -0.4 is 10.2 Å². The van der Waals surface area contributed by atoms with E-state index in [1.54, 1.807) is 0 Å². The minimum atomic E-state index is 0.171. The molecule has 0 spiro atoms. The van der Waals surface area contributed by atoms with Gasteiger partial charge in [0.05, 0.1) is 11.8 Å². The van der Waals surface area contributed by atoms with Gasteiger partial charge >= 0.3 is 0 Å². The highest BCUT2D eigenvalue weighted by atomic mass is 16.5. The Morgan fingerprint density at radius 1 is 1.36 bits per heavy atom. The smallest absolute Gasteiger partial charge is 0.241 e. The Balaban J connectivity index is 1.74. The van der Waals surface area contributed by atoms with Gasteiger partial charge in [0.25, 0.3) is 0 Å². The molecule has 0 aliphatic carbocycles. The number of aryl methyl sites for hydroxylation is 1. The zero-order chi connectivity index (χ0) is 17.6. The predicted octanol–water partition coefficient (Wildman–Crippen LogP) is 1.14. The van der Waals surface area contributed by atoms with Crippen LogP contribution in [0.15, 0.2) is 11.2 Å². The summed E-state index contributed by atoms with van der Waals surface area (Å²) in [4.78, 5) is 11.6. The molecule has 8 heteroatoms. The van der Waals surface area contributed by atoms with Crippen LogP contribution in [0.4, 0.5) is 5.82 Å². The van der Waals surface area contributed by atoms with E-state index in [1.165, 1.54) is 0 Å². The van der Waals surface area contributed by atoms with Crippen LogP contribution in [0.2, 0.25) is 0 Å². The zero-order valence-electron chi connectivity index (χ0n) is 15.3. The van der Waals surface area contributed by atoms with Gasteiger partial charge < -0.3 is 19.5 Å². The van der Waals surface area contributed by atoms with Crippen molar-refractivity contribution in [3.63, 3.8) is 0 Å². The number of aliphatic imine (C=N–C) groups is 1. The summed E-state index contributed by atoms with van der Waals surface area (Å²) in [6, 6.07) is 0. The number of hydrogen-bond donors (Lipinski definition) is 1. The average molecular weight is 343 g/mol. The van der Waals surface area contributed by atoms with E-state index < -0.39 is 0 Å². The number of rotatable bonds is 3. The van der Waals surface area contributed by atoms with Crippen molar-refractivity contribution in [3.8, 4) is 11.4 Å². The molecule has 0 unspecified atom stereocenters. The Hall–Kier alpha value is -2.35. The number of ether oxygens (including phenoxy) is 1. The molecule has 134 valence electrons. The fourth-order valence-corrected chi connectivity index (χ4v) is 3.59. The Morgan fingerprint density at radius 3 is 2.88 bits per heavy atom. The van der Waals surface area contributed by atoms with E-state index in [4.69, 9.17) is 9.72 Å². The third-order valence-electron chi connectivity index (χ3n) is 4.99. The maximum Gasteiger partial charge on any atom is 0.241 e. The summed E-state index contributed by atoms with van der Waals surface area (Å²) < 4.78 is 10.3. The molecule has 8 nitrogen and oxygen atoms in total. The lowest BCUT2D eigenvalue weighted by Gasteiger charge is -2.25. The lowest BCUT2D eigenvalue weighted by atomic mass is 10.2. The molecule has 1 N–H and O–H groups in total. The lowest BCUT2D eigenvalue weighted by molar-refractivity contribution is 0.208. The minimum Gasteiger partial charge on any atom is -0.472 e. The van der Waals surface area contributed by atoms with Crippen molar-refractivity contribution >= 4 is 11.7 Å². The van der Waals surface area contributed by atoms with E-state index in [0.717, 1.165) is 54.6 Å². The summed E-state index contributed by atoms with van der Waals surface area (Å²) in [6.07, 6.45) is 3.07. The van der Waals surface area contributed by atoms with Gasteiger partial charge in [0.2, 0.25) is 5.90 Å². The SMILES string of the molecule is CCn1ncc(-c2nc3c(n2C)N(C)CN=C3O[C@H]2CCNC2)c1C. The van der Waals surface area contributed by atoms with Gasteiger partial charge in [-0.15, -0.1) is 0 Å². The van der Waals surface area contributed by atoms with Crippen molar-refractivity contribution in [2.75, 3.05) is 31.7 Å². The summed E-state index contributed by atoms with van der Waals surface area (Å²) in [5.74, 6) is 2.59. The van der Waals surface area contributed by atoms with E-state index in [2.05, 4.69) is 38.7 Å². The van der Waals surface area contributed by atoms with Gasteiger partial charge in [-0.2, -0.15) is 5.10 Å². The van der Waals surface area contributed by atoms with E-state index in [-0.39, 0.29) is 6.10 Å². The molecule has 0 saturated carbocycles. The normalized spacial score (nSPS) is 19.9. The van der Waals surface area contributed by atoms with Crippen molar-refractivity contribution in [2.45, 2.75) is 32.9 Å². The second kappa shape index (κ2) is 6.18. The molecule has 2 aliphatic heterocycles. The van der Waals surface area contributed by atoms with Crippen molar-refractivity contribution in [3.05, 3.63) is 17.6 Å². The molecule has 1 atom stereocenters. The molecular weight excluding hydrogens is 318 g/mol. The van der Waals surface area contributed by atoms with Crippen molar-refractivity contribution in [1.82, 2.24) is 24.6 Å². The Labute approximate surface area is 147 Å². The molecule has 0 amide bonds. The van der Waals surface area contributed by atoms with Crippen LogP contribution in [0, 0.1) is 6.92 Å². The first-order valence-corrected chi connectivity index (χ1v) is 8.83. The van der Waals surface area contributed by atoms with Gasteiger partial charge in [0.1, 0.15) is 24.4 Å². The molecule has 2 aromatic rings. The third kappa shape index (κ3) is 2.60. The van der Waals surface area contributed by atoms with E-state index in [0.29, 0.717) is 12.6 Å². The fraction of sp³-hybridized carbons (Fsp3) is 0.588. The van der Waals surface area contributed by atoms with Crippen molar-refractivity contribution in [1.29, 1.82) is 0 Å². The maximum atomic E-state index is 6.15. The molecule has 1 fully saturated rings. The van der Waals surface area contributed by atoms with Crippen LogP contribution in [0.3, 0.4) is 0 Å². The van der Waals surface area contributed by atoms with E-state index in [9.17, 15) is 0 Å². The van der Waals surface area contributed by atoms with Crippen LogP contribution >= 0.6 is 0 Å². The molecule has 2 aromatic heterocycles. The van der Waals surface area contributed by atoms with Crippen molar-refractivity contribution in [2.24, 2.45) is 12.0 Å². The number of aromatic nitrogens is 4. The maximum absolute atomic E-state index is 6.15. The highest BCUT2D eigenvalue weighted by Crippen LogP contribution is 2.32. The fourth-order valence-electron chi connectivity index (χ4n) is 3.59. The van der Waals surface area contributed by atoms with E-state index >= 15 is 0 Å². The summed E-state index contributed by atoms with van der Waals surface area (Å²) in [5.41, 5.74) is 2.99. The minimum absolute atomic E-state index is 0.171. The molecule has 4 heterocycles. The first-order chi connectivity index (χ1) is 12.1. The Kier molecular flexibility index (Phi) is 3.99. The topological polar surface area (TPSA) is 72.5 Å². The molecule has 0 aromatic carbocycles. The quantitative estimate of drug-likeness (QED) is 0.905. The first kappa shape index (κ1) is 16.1. The molecule has 0 radical (unpaired) electrons. The van der Waals surface area contributed by atoms with E-state index in [1.807, 2.05) is 25.0 Å². The van der Waals surface area contributed by atoms with Gasteiger partial charge in [0, 0.05) is 32.9 Å². The van der Waals surface area contributed by atoms with Crippen LogP contribution in [0.25, 0.3) is 11.4 Å². The molecular formula is C17H25N7O. The first-order valence-electron chi connectivity index (χ1n) is 8.83. The molecule has 25 heavy (non-hydrogen) atoms. The van der Waals surface area contributed by atoms with Gasteiger partial charge in [-0.05, 0) is 26.8 Å². The molecule has 2 aliphatic rings. The number of nitrogens with one attached hydrogen (secondary N) is 1. The Morgan fingerprint density at radius 2 is 2.20 bits per heavy atom. The Bertz CT molecular complexity index is 813. The molecule has 1 saturated heterocycles. The highest BCUT2D eigenvalue weighted by Gasteiger charge is 2.30. The van der Waals surface area contributed by atoms with Crippen LogP contribution in [0.1, 0.15) is 24.7 Å². The number of imidazole rings is 1. The summed E-state index contributed by atoms with van der Waals surface area (Å²) in [7, 11) is 4.07. The number of anilines is 1. The standard InChI is InChI=1S/C17H25N7O/c1-5-24-11(2)13(9-20-24)15-21-14-16(25-12-6-7-18-8-12)19-10-22(3)17(14)23(15)4/h9,12,18H,5-8,10H2,1-4H3/t12-/m0/s1. The zero-order valence-corrected chi connectivity index (χ0v) is 15.3. The largest absolute Gasteiger partial charge is 0.472 e. The number of fused-ring (bicyclic) bond motifs is 1. The highest BCUT2D eigenvalue weighted by molar-refractivity contribution is 5.99. The molecule has 0 bridgehead atoms. The van der Waals surface area contributed by atoms with Crippen LogP contribution in [0.5, 0.6) is 0 Å². The monoisotopic (exact) mass is 343 g/mol.